The molecular weight excluding hydrogens is 150 g/mol. The highest BCUT2D eigenvalue weighted by Gasteiger charge is 2.08. The third-order valence-electron chi connectivity index (χ3n) is 2.16. The van der Waals surface area contributed by atoms with E-state index < -0.39 is 0 Å². The summed E-state index contributed by atoms with van der Waals surface area (Å²) < 4.78 is 0. The van der Waals surface area contributed by atoms with Crippen molar-refractivity contribution >= 4 is 5.78 Å². The topological polar surface area (TPSA) is 20.3 Å². The summed E-state index contributed by atoms with van der Waals surface area (Å²) in [5.74, 6) is 0.962. The quantitative estimate of drug-likeness (QED) is 0.608. The zero-order valence-electron chi connectivity index (χ0n) is 8.76. The minimum atomic E-state index is 0.264. The molecule has 2 heteroatoms. The van der Waals surface area contributed by atoms with Crippen molar-refractivity contribution in [3.63, 3.8) is 0 Å². The predicted molar refractivity (Wildman–Crippen MR) is 52.3 cm³/mol. The molecule has 0 aliphatic rings. The van der Waals surface area contributed by atoms with Crippen molar-refractivity contribution in [2.45, 2.75) is 34.1 Å². The molecule has 0 spiro atoms. The third-order valence-corrected chi connectivity index (χ3v) is 2.16. The van der Waals surface area contributed by atoms with E-state index in [2.05, 4.69) is 25.7 Å². The molecule has 0 bridgehead atoms. The summed E-state index contributed by atoms with van der Waals surface area (Å²) in [6, 6.07) is 0. The Hall–Kier alpha value is -0.370. The molecular formula is C10H21NO. The van der Waals surface area contributed by atoms with E-state index >= 15 is 0 Å². The molecule has 0 radical (unpaired) electrons. The average molecular weight is 171 g/mol. The van der Waals surface area contributed by atoms with Gasteiger partial charge in [0.05, 0.1) is 6.54 Å². The van der Waals surface area contributed by atoms with Gasteiger partial charge >= 0.3 is 0 Å². The number of hydrogen-bond acceptors (Lipinski definition) is 2. The Balaban J connectivity index is 3.74. The maximum Gasteiger partial charge on any atom is 0.143 e. The zero-order valence-corrected chi connectivity index (χ0v) is 8.76. The van der Waals surface area contributed by atoms with E-state index in [4.69, 9.17) is 0 Å². The van der Waals surface area contributed by atoms with Crippen LogP contribution in [-0.4, -0.2) is 30.3 Å². The first-order valence-electron chi connectivity index (χ1n) is 4.81. The van der Waals surface area contributed by atoms with Crippen LogP contribution in [0.25, 0.3) is 0 Å². The summed E-state index contributed by atoms with van der Waals surface area (Å²) in [7, 11) is 0. The van der Waals surface area contributed by atoms with Crippen LogP contribution in [-0.2, 0) is 4.79 Å². The summed E-state index contributed by atoms with van der Waals surface area (Å²) >= 11 is 0. The maximum absolute atomic E-state index is 10.8. The van der Waals surface area contributed by atoms with Gasteiger partial charge in [-0.05, 0) is 19.4 Å². The number of likely N-dealkylation sites (N-methyl/N-ethyl adjacent to an activating group) is 1. The summed E-state index contributed by atoms with van der Waals surface area (Å²) in [5.41, 5.74) is 0. The van der Waals surface area contributed by atoms with Crippen LogP contribution in [0.1, 0.15) is 34.1 Å². The molecule has 0 N–H and O–H groups in total. The highest BCUT2D eigenvalue weighted by atomic mass is 16.1. The molecule has 0 aliphatic carbocycles. The molecule has 0 aromatic carbocycles. The highest BCUT2D eigenvalue weighted by Crippen LogP contribution is 2.03. The molecule has 0 aromatic heterocycles. The van der Waals surface area contributed by atoms with Crippen LogP contribution in [0.3, 0.4) is 0 Å². The summed E-state index contributed by atoms with van der Waals surface area (Å²) in [6.07, 6.45) is 1.19. The fourth-order valence-corrected chi connectivity index (χ4v) is 1.19. The first-order valence-corrected chi connectivity index (χ1v) is 4.81. The Bertz CT molecular complexity index is 134. The molecule has 0 aliphatic heterocycles. The predicted octanol–water partition coefficient (Wildman–Crippen LogP) is 1.94. The molecule has 12 heavy (non-hydrogen) atoms. The van der Waals surface area contributed by atoms with Crippen LogP contribution < -0.4 is 0 Å². The monoisotopic (exact) mass is 171 g/mol. The fourth-order valence-electron chi connectivity index (χ4n) is 1.19. The number of nitrogens with zero attached hydrogens (tertiary/aromatic N) is 1. The van der Waals surface area contributed by atoms with E-state index in [9.17, 15) is 4.79 Å². The van der Waals surface area contributed by atoms with Gasteiger partial charge in [-0.2, -0.15) is 0 Å². The molecule has 0 heterocycles. The van der Waals surface area contributed by atoms with Gasteiger partial charge in [-0.1, -0.05) is 27.2 Å². The number of carbonyl (C=O) groups is 1. The van der Waals surface area contributed by atoms with Gasteiger partial charge in [0.15, 0.2) is 0 Å². The smallest absolute Gasteiger partial charge is 0.143 e. The second kappa shape index (κ2) is 6.18. The van der Waals surface area contributed by atoms with Gasteiger partial charge in [0.25, 0.3) is 0 Å². The molecule has 0 saturated carbocycles. The molecule has 0 fully saturated rings. The number of ketones is 1. The first-order chi connectivity index (χ1) is 5.60. The molecule has 1 atom stereocenters. The maximum atomic E-state index is 10.8. The first kappa shape index (κ1) is 11.6. The van der Waals surface area contributed by atoms with Gasteiger partial charge in [0.2, 0.25) is 0 Å². The summed E-state index contributed by atoms with van der Waals surface area (Å²) in [5, 5.41) is 0. The van der Waals surface area contributed by atoms with E-state index in [1.165, 1.54) is 6.42 Å². The van der Waals surface area contributed by atoms with Gasteiger partial charge in [0.1, 0.15) is 5.78 Å². The molecule has 0 saturated heterocycles. The lowest BCUT2D eigenvalue weighted by Gasteiger charge is -2.22. The lowest BCUT2D eigenvalue weighted by molar-refractivity contribution is -0.118. The largest absolute Gasteiger partial charge is 0.299 e. The van der Waals surface area contributed by atoms with E-state index in [1.54, 1.807) is 6.92 Å². The van der Waals surface area contributed by atoms with Crippen molar-refractivity contribution < 1.29 is 4.79 Å². The van der Waals surface area contributed by atoms with E-state index in [-0.39, 0.29) is 5.78 Å². The van der Waals surface area contributed by atoms with Crippen molar-refractivity contribution in [2.24, 2.45) is 5.92 Å². The van der Waals surface area contributed by atoms with Crippen LogP contribution in [0.4, 0.5) is 0 Å². The minimum absolute atomic E-state index is 0.264. The van der Waals surface area contributed by atoms with Crippen molar-refractivity contribution in [3.05, 3.63) is 0 Å². The summed E-state index contributed by atoms with van der Waals surface area (Å²) in [6.45, 7) is 10.8. The van der Waals surface area contributed by atoms with Crippen LogP contribution in [0.5, 0.6) is 0 Å². The SMILES string of the molecule is CCC(C)CN(CC)CC(C)=O. The number of Topliss-reactive ketones (excluding diaryl/α,β-unsaturated/α-hetero) is 1. The molecule has 72 valence electrons. The van der Waals surface area contributed by atoms with Crippen LogP contribution in [0.2, 0.25) is 0 Å². The van der Waals surface area contributed by atoms with E-state index in [1.807, 2.05) is 0 Å². The third kappa shape index (κ3) is 5.30. The Labute approximate surface area is 75.9 Å². The van der Waals surface area contributed by atoms with Crippen molar-refractivity contribution in [1.29, 1.82) is 0 Å². The molecule has 0 aromatic rings. The van der Waals surface area contributed by atoms with E-state index in [0.29, 0.717) is 12.5 Å². The molecule has 2 nitrogen and oxygen atoms in total. The van der Waals surface area contributed by atoms with E-state index in [0.717, 1.165) is 13.1 Å². The van der Waals surface area contributed by atoms with Crippen LogP contribution in [0.15, 0.2) is 0 Å². The van der Waals surface area contributed by atoms with Crippen LogP contribution >= 0.6 is 0 Å². The second-order valence-electron chi connectivity index (χ2n) is 3.54. The number of hydrogen-bond donors (Lipinski definition) is 0. The second-order valence-corrected chi connectivity index (χ2v) is 3.54. The average Bonchev–Trinajstić information content (AvgIpc) is 2.02. The Morgan fingerprint density at radius 1 is 1.42 bits per heavy atom. The number of carbonyl (C=O) groups excluding carboxylic acids is 1. The normalized spacial score (nSPS) is 13.4. The van der Waals surface area contributed by atoms with Gasteiger partial charge < -0.3 is 0 Å². The summed E-state index contributed by atoms with van der Waals surface area (Å²) in [4.78, 5) is 13.0. The van der Waals surface area contributed by atoms with Gasteiger partial charge in [-0.3, -0.25) is 9.69 Å². The van der Waals surface area contributed by atoms with Gasteiger partial charge in [-0.25, -0.2) is 0 Å². The van der Waals surface area contributed by atoms with Crippen molar-refractivity contribution in [3.8, 4) is 0 Å². The molecule has 1 unspecified atom stereocenters. The van der Waals surface area contributed by atoms with Crippen LogP contribution in [0, 0.1) is 5.92 Å². The van der Waals surface area contributed by atoms with Gasteiger partial charge in [0, 0.05) is 6.54 Å². The standard InChI is InChI=1S/C10H21NO/c1-5-9(3)7-11(6-2)8-10(4)12/h9H,5-8H2,1-4H3. The van der Waals surface area contributed by atoms with Crippen molar-refractivity contribution in [2.75, 3.05) is 19.6 Å². The Morgan fingerprint density at radius 3 is 2.33 bits per heavy atom. The lowest BCUT2D eigenvalue weighted by Crippen LogP contribution is -2.32. The Kier molecular flexibility index (Phi) is 5.99. The highest BCUT2D eigenvalue weighted by molar-refractivity contribution is 5.77. The Morgan fingerprint density at radius 2 is 2.00 bits per heavy atom. The zero-order chi connectivity index (χ0) is 9.56. The minimum Gasteiger partial charge on any atom is -0.299 e. The lowest BCUT2D eigenvalue weighted by atomic mass is 10.1. The van der Waals surface area contributed by atoms with Gasteiger partial charge in [-0.15, -0.1) is 0 Å². The molecule has 0 rings (SSSR count). The molecule has 0 amide bonds. The fraction of sp³-hybridized carbons (Fsp3) is 0.900. The number of rotatable bonds is 6. The van der Waals surface area contributed by atoms with Crippen molar-refractivity contribution in [1.82, 2.24) is 4.90 Å².